The van der Waals surface area contributed by atoms with Crippen molar-refractivity contribution in [3.8, 4) is 0 Å². The second kappa shape index (κ2) is 6.56. The van der Waals surface area contributed by atoms with Gasteiger partial charge in [-0.15, -0.1) is 0 Å². The Morgan fingerprint density at radius 3 is 2.76 bits per heavy atom. The second-order valence-electron chi connectivity index (χ2n) is 4.25. The molecule has 0 aliphatic rings. The summed E-state index contributed by atoms with van der Waals surface area (Å²) >= 11 is 0. The highest BCUT2D eigenvalue weighted by Gasteiger charge is 2.16. The van der Waals surface area contributed by atoms with Crippen molar-refractivity contribution in [2.45, 2.75) is 6.42 Å². The first-order valence-corrected chi connectivity index (χ1v) is 6.20. The van der Waals surface area contributed by atoms with Crippen LogP contribution in [0.1, 0.15) is 16.1 Å². The van der Waals surface area contributed by atoms with E-state index in [2.05, 4.69) is 10.3 Å². The summed E-state index contributed by atoms with van der Waals surface area (Å²) in [6, 6.07) is 8.52. The third-order valence-electron chi connectivity index (χ3n) is 2.80. The van der Waals surface area contributed by atoms with Gasteiger partial charge in [0.05, 0.1) is 4.92 Å². The van der Waals surface area contributed by atoms with E-state index in [-0.39, 0.29) is 5.56 Å². The third kappa shape index (κ3) is 3.82. The molecule has 1 aromatic carbocycles. The highest BCUT2D eigenvalue weighted by atomic mass is 19.1. The smallest absolute Gasteiger partial charge is 0.304 e. The van der Waals surface area contributed by atoms with E-state index >= 15 is 0 Å². The van der Waals surface area contributed by atoms with Crippen LogP contribution in [0.4, 0.5) is 10.1 Å². The van der Waals surface area contributed by atoms with Crippen molar-refractivity contribution in [2.24, 2.45) is 0 Å². The molecule has 1 aromatic heterocycles. The number of benzene rings is 1. The van der Waals surface area contributed by atoms with Crippen LogP contribution in [0.15, 0.2) is 42.6 Å². The van der Waals surface area contributed by atoms with Crippen LogP contribution in [-0.2, 0) is 6.42 Å². The summed E-state index contributed by atoms with van der Waals surface area (Å²) in [6.45, 7) is 0.342. The molecule has 0 radical (unpaired) electrons. The van der Waals surface area contributed by atoms with Crippen LogP contribution in [0.25, 0.3) is 0 Å². The lowest BCUT2D eigenvalue weighted by Crippen LogP contribution is -2.26. The molecule has 1 heterocycles. The average Bonchev–Trinajstić information content (AvgIpc) is 2.47. The second-order valence-corrected chi connectivity index (χ2v) is 4.25. The largest absolute Gasteiger partial charge is 0.352 e. The van der Waals surface area contributed by atoms with Gasteiger partial charge in [-0.05, 0) is 24.3 Å². The van der Waals surface area contributed by atoms with Crippen molar-refractivity contribution < 1.29 is 14.1 Å². The van der Waals surface area contributed by atoms with Gasteiger partial charge in [-0.3, -0.25) is 19.9 Å². The molecule has 1 amide bonds. The molecule has 0 saturated heterocycles. The Bertz CT molecular complexity index is 662. The van der Waals surface area contributed by atoms with Crippen LogP contribution < -0.4 is 5.32 Å². The molecule has 0 spiro atoms. The van der Waals surface area contributed by atoms with Gasteiger partial charge in [0.2, 0.25) is 5.82 Å². The normalized spacial score (nSPS) is 10.1. The fourth-order valence-electron chi connectivity index (χ4n) is 1.75. The number of pyridine rings is 1. The standard InChI is InChI=1S/C14H12FN3O3/c15-12-9-10(4-5-13(12)18(20)21)14(19)17-8-6-11-3-1-2-7-16-11/h1-5,7,9H,6,8H2,(H,17,19). The molecule has 0 atom stereocenters. The quantitative estimate of drug-likeness (QED) is 0.674. The molecule has 0 bridgehead atoms. The van der Waals surface area contributed by atoms with Gasteiger partial charge in [0, 0.05) is 36.5 Å². The Kier molecular flexibility index (Phi) is 4.55. The predicted molar refractivity (Wildman–Crippen MR) is 73.3 cm³/mol. The van der Waals surface area contributed by atoms with Crippen molar-refractivity contribution in [2.75, 3.05) is 6.54 Å². The number of nitro groups is 1. The fraction of sp³-hybridized carbons (Fsp3) is 0.143. The minimum Gasteiger partial charge on any atom is -0.352 e. The molecular weight excluding hydrogens is 277 g/mol. The number of rotatable bonds is 5. The monoisotopic (exact) mass is 289 g/mol. The van der Waals surface area contributed by atoms with E-state index in [1.54, 1.807) is 12.3 Å². The lowest BCUT2D eigenvalue weighted by Gasteiger charge is -2.05. The number of nitrogens with zero attached hydrogens (tertiary/aromatic N) is 2. The maximum atomic E-state index is 13.4. The highest BCUT2D eigenvalue weighted by Crippen LogP contribution is 2.17. The molecule has 2 aromatic rings. The molecule has 0 saturated carbocycles. The number of carbonyl (C=O) groups is 1. The Morgan fingerprint density at radius 1 is 1.33 bits per heavy atom. The summed E-state index contributed by atoms with van der Waals surface area (Å²) in [6.07, 6.45) is 2.20. The van der Waals surface area contributed by atoms with Crippen LogP contribution >= 0.6 is 0 Å². The number of amides is 1. The first-order chi connectivity index (χ1) is 10.1. The van der Waals surface area contributed by atoms with Gasteiger partial charge in [-0.1, -0.05) is 6.07 Å². The van der Waals surface area contributed by atoms with Crippen LogP contribution in [0.2, 0.25) is 0 Å². The number of hydrogen-bond donors (Lipinski definition) is 1. The van der Waals surface area contributed by atoms with Gasteiger partial charge in [0.15, 0.2) is 0 Å². The summed E-state index contributed by atoms with van der Waals surface area (Å²) in [5.41, 5.74) is 0.215. The average molecular weight is 289 g/mol. The van der Waals surface area contributed by atoms with E-state index < -0.39 is 22.3 Å². The van der Waals surface area contributed by atoms with Gasteiger partial charge in [0.1, 0.15) is 0 Å². The van der Waals surface area contributed by atoms with Gasteiger partial charge in [0.25, 0.3) is 5.91 Å². The highest BCUT2D eigenvalue weighted by molar-refractivity contribution is 5.94. The Morgan fingerprint density at radius 2 is 2.14 bits per heavy atom. The number of nitrogens with one attached hydrogen (secondary N) is 1. The Labute approximate surface area is 119 Å². The molecule has 2 rings (SSSR count). The predicted octanol–water partition coefficient (Wildman–Crippen LogP) is 2.10. The van der Waals surface area contributed by atoms with E-state index in [1.165, 1.54) is 6.07 Å². The SMILES string of the molecule is O=C(NCCc1ccccn1)c1ccc([N+](=O)[O-])c(F)c1. The molecule has 7 heteroatoms. The first-order valence-electron chi connectivity index (χ1n) is 6.20. The number of aromatic nitrogens is 1. The topological polar surface area (TPSA) is 85.1 Å². The molecular formula is C14H12FN3O3. The van der Waals surface area contributed by atoms with Crippen molar-refractivity contribution in [3.63, 3.8) is 0 Å². The van der Waals surface area contributed by atoms with Crippen LogP contribution in [0, 0.1) is 15.9 Å². The van der Waals surface area contributed by atoms with Crippen molar-refractivity contribution in [1.29, 1.82) is 0 Å². The molecule has 0 aliphatic carbocycles. The van der Waals surface area contributed by atoms with Crippen LogP contribution in [0.5, 0.6) is 0 Å². The van der Waals surface area contributed by atoms with E-state index in [0.29, 0.717) is 13.0 Å². The van der Waals surface area contributed by atoms with E-state index in [4.69, 9.17) is 0 Å². The Hall–Kier alpha value is -2.83. The lowest BCUT2D eigenvalue weighted by molar-refractivity contribution is -0.387. The molecule has 0 fully saturated rings. The van der Waals surface area contributed by atoms with Gasteiger partial charge in [-0.25, -0.2) is 0 Å². The van der Waals surface area contributed by atoms with Gasteiger partial charge >= 0.3 is 5.69 Å². The van der Waals surface area contributed by atoms with Crippen LogP contribution in [0.3, 0.4) is 0 Å². The molecule has 21 heavy (non-hydrogen) atoms. The zero-order chi connectivity index (χ0) is 15.2. The van der Waals surface area contributed by atoms with Crippen molar-refractivity contribution in [1.82, 2.24) is 10.3 Å². The minimum atomic E-state index is -1.03. The van der Waals surface area contributed by atoms with E-state index in [1.807, 2.05) is 12.1 Å². The molecule has 108 valence electrons. The van der Waals surface area contributed by atoms with E-state index in [0.717, 1.165) is 17.8 Å². The first kappa shape index (κ1) is 14.6. The summed E-state index contributed by atoms with van der Waals surface area (Å²) in [4.78, 5) is 25.6. The number of nitro benzene ring substituents is 1. The maximum Gasteiger partial charge on any atom is 0.304 e. The van der Waals surface area contributed by atoms with Crippen molar-refractivity contribution in [3.05, 3.63) is 69.8 Å². The number of halogens is 1. The Balaban J connectivity index is 1.94. The molecule has 6 nitrogen and oxygen atoms in total. The molecule has 1 N–H and O–H groups in total. The summed E-state index contributed by atoms with van der Waals surface area (Å²) in [5, 5.41) is 13.1. The van der Waals surface area contributed by atoms with Crippen molar-refractivity contribution >= 4 is 11.6 Å². The zero-order valence-corrected chi connectivity index (χ0v) is 11.0. The molecule has 0 unspecified atom stereocenters. The summed E-state index contributed by atoms with van der Waals surface area (Å²) in [5.74, 6) is -1.52. The lowest BCUT2D eigenvalue weighted by atomic mass is 10.2. The summed E-state index contributed by atoms with van der Waals surface area (Å²) < 4.78 is 13.4. The number of carbonyl (C=O) groups excluding carboxylic acids is 1. The van der Waals surface area contributed by atoms with E-state index in [9.17, 15) is 19.3 Å². The van der Waals surface area contributed by atoms with Gasteiger partial charge in [-0.2, -0.15) is 4.39 Å². The fourth-order valence-corrected chi connectivity index (χ4v) is 1.75. The molecule has 0 aliphatic heterocycles. The maximum absolute atomic E-state index is 13.4. The zero-order valence-electron chi connectivity index (χ0n) is 11.0. The van der Waals surface area contributed by atoms with Crippen LogP contribution in [-0.4, -0.2) is 22.4 Å². The summed E-state index contributed by atoms with van der Waals surface area (Å²) in [7, 11) is 0. The minimum absolute atomic E-state index is 0.0409. The third-order valence-corrected chi connectivity index (χ3v) is 2.80. The van der Waals surface area contributed by atoms with Gasteiger partial charge < -0.3 is 5.32 Å². The number of hydrogen-bond acceptors (Lipinski definition) is 4.